The molecular formula is C12H16ClN3OS. The van der Waals surface area contributed by atoms with Crippen LogP contribution in [0, 0.1) is 0 Å². The molecule has 0 fully saturated rings. The Morgan fingerprint density at radius 2 is 2.22 bits per heavy atom. The first kappa shape index (κ1) is 13.5. The van der Waals surface area contributed by atoms with Crippen molar-refractivity contribution >= 4 is 34.5 Å². The van der Waals surface area contributed by atoms with Crippen LogP contribution in [0.15, 0.2) is 12.1 Å². The summed E-state index contributed by atoms with van der Waals surface area (Å²) in [6.07, 6.45) is 2.08. The van der Waals surface area contributed by atoms with E-state index in [9.17, 15) is 0 Å². The van der Waals surface area contributed by atoms with Crippen molar-refractivity contribution in [3.05, 3.63) is 18.0 Å². The van der Waals surface area contributed by atoms with Gasteiger partial charge in [-0.05, 0) is 19.2 Å². The second-order valence-electron chi connectivity index (χ2n) is 3.93. The summed E-state index contributed by atoms with van der Waals surface area (Å²) >= 11 is 7.97. The molecule has 0 aliphatic carbocycles. The summed E-state index contributed by atoms with van der Waals surface area (Å²) < 4.78 is 7.24. The summed E-state index contributed by atoms with van der Waals surface area (Å²) in [5.41, 5.74) is 1.70. The highest BCUT2D eigenvalue weighted by Crippen LogP contribution is 2.25. The molecule has 0 spiro atoms. The number of fused-ring (bicyclic) bond motifs is 1. The number of aryl methyl sites for hydroxylation is 1. The Hall–Kier alpha value is -0.940. The highest BCUT2D eigenvalue weighted by atomic mass is 35.5. The minimum Gasteiger partial charge on any atom is -0.481 e. The minimum absolute atomic E-state index is 0.132. The van der Waals surface area contributed by atoms with Crippen LogP contribution in [0.4, 0.5) is 0 Å². The van der Waals surface area contributed by atoms with Crippen molar-refractivity contribution in [2.75, 3.05) is 19.1 Å². The van der Waals surface area contributed by atoms with Crippen molar-refractivity contribution in [2.45, 2.75) is 18.8 Å². The van der Waals surface area contributed by atoms with E-state index in [0.29, 0.717) is 5.88 Å². The molecule has 0 aliphatic heterocycles. The number of aromatic nitrogens is 3. The Kier molecular flexibility index (Phi) is 4.35. The van der Waals surface area contributed by atoms with Crippen molar-refractivity contribution in [3.63, 3.8) is 0 Å². The number of nitrogens with zero attached hydrogens (tertiary/aromatic N) is 3. The average Bonchev–Trinajstić information content (AvgIpc) is 2.74. The van der Waals surface area contributed by atoms with Crippen LogP contribution in [0.1, 0.15) is 18.1 Å². The van der Waals surface area contributed by atoms with Gasteiger partial charge in [0.05, 0.1) is 12.5 Å². The van der Waals surface area contributed by atoms with Gasteiger partial charge in [0, 0.05) is 18.4 Å². The van der Waals surface area contributed by atoms with Gasteiger partial charge in [-0.15, -0.1) is 11.6 Å². The summed E-state index contributed by atoms with van der Waals surface area (Å²) in [5.74, 6) is 2.46. The molecular weight excluding hydrogens is 270 g/mol. The first-order valence-electron chi connectivity index (χ1n) is 5.71. The van der Waals surface area contributed by atoms with Crippen LogP contribution in [0.5, 0.6) is 5.88 Å². The lowest BCUT2D eigenvalue weighted by Gasteiger charge is -2.09. The zero-order chi connectivity index (χ0) is 13.1. The number of hydrogen-bond acceptors (Lipinski definition) is 4. The molecule has 18 heavy (non-hydrogen) atoms. The second kappa shape index (κ2) is 5.80. The number of rotatable bonds is 5. The highest BCUT2D eigenvalue weighted by Gasteiger charge is 2.16. The average molecular weight is 286 g/mol. The van der Waals surface area contributed by atoms with Crippen molar-refractivity contribution in [2.24, 2.45) is 0 Å². The largest absolute Gasteiger partial charge is 0.481 e. The topological polar surface area (TPSA) is 39.9 Å². The molecule has 0 radical (unpaired) electrons. The van der Waals surface area contributed by atoms with E-state index in [1.807, 2.05) is 19.1 Å². The lowest BCUT2D eigenvalue weighted by atomic mass is 10.4. The predicted octanol–water partition coefficient (Wildman–Crippen LogP) is 3.10. The normalized spacial score (nSPS) is 12.9. The highest BCUT2D eigenvalue weighted by molar-refractivity contribution is 7.98. The Morgan fingerprint density at radius 3 is 2.83 bits per heavy atom. The van der Waals surface area contributed by atoms with Crippen LogP contribution in [-0.4, -0.2) is 33.7 Å². The first-order valence-corrected chi connectivity index (χ1v) is 7.54. The number of pyridine rings is 1. The van der Waals surface area contributed by atoms with Gasteiger partial charge in [-0.1, -0.05) is 0 Å². The smallest absolute Gasteiger partial charge is 0.215 e. The lowest BCUT2D eigenvalue weighted by Crippen LogP contribution is -2.07. The summed E-state index contributed by atoms with van der Waals surface area (Å²) in [6.45, 7) is 2.78. The number of hydrogen-bond donors (Lipinski definition) is 0. The zero-order valence-corrected chi connectivity index (χ0v) is 12.3. The number of thioether (sulfide) groups is 1. The fourth-order valence-corrected chi connectivity index (χ4v) is 2.35. The standard InChI is InChI=1S/C12H16ClN3OS/c1-8(13)11-14-9-4-5-10(17-2)15-12(9)16(11)6-7-18-3/h4-5,8H,6-7H2,1-3H3. The quantitative estimate of drug-likeness (QED) is 0.792. The third-order valence-electron chi connectivity index (χ3n) is 2.68. The molecule has 0 N–H and O–H groups in total. The maximum Gasteiger partial charge on any atom is 0.215 e. The molecule has 98 valence electrons. The Morgan fingerprint density at radius 1 is 1.44 bits per heavy atom. The van der Waals surface area contributed by atoms with E-state index < -0.39 is 0 Å². The van der Waals surface area contributed by atoms with Gasteiger partial charge in [-0.2, -0.15) is 16.7 Å². The van der Waals surface area contributed by atoms with Crippen LogP contribution in [0.25, 0.3) is 11.2 Å². The zero-order valence-electron chi connectivity index (χ0n) is 10.7. The third kappa shape index (κ3) is 2.57. The van der Waals surface area contributed by atoms with Crippen molar-refractivity contribution in [1.82, 2.24) is 14.5 Å². The molecule has 2 aromatic heterocycles. The molecule has 0 saturated heterocycles. The van der Waals surface area contributed by atoms with Crippen molar-refractivity contribution in [3.8, 4) is 5.88 Å². The van der Waals surface area contributed by atoms with E-state index in [2.05, 4.69) is 20.8 Å². The molecule has 2 aromatic rings. The number of alkyl halides is 1. The van der Waals surface area contributed by atoms with Gasteiger partial charge < -0.3 is 9.30 Å². The lowest BCUT2D eigenvalue weighted by molar-refractivity contribution is 0.399. The number of halogens is 1. The molecule has 0 bridgehead atoms. The Balaban J connectivity index is 2.54. The molecule has 0 aliphatic rings. The second-order valence-corrected chi connectivity index (χ2v) is 5.57. The van der Waals surface area contributed by atoms with Crippen LogP contribution in [-0.2, 0) is 6.54 Å². The molecule has 6 heteroatoms. The van der Waals surface area contributed by atoms with E-state index in [1.54, 1.807) is 18.9 Å². The molecule has 0 aromatic carbocycles. The third-order valence-corrected chi connectivity index (χ3v) is 3.47. The number of imidazole rings is 1. The molecule has 0 amide bonds. The number of ether oxygens (including phenoxy) is 1. The summed E-state index contributed by atoms with van der Waals surface area (Å²) in [6, 6.07) is 3.73. The summed E-state index contributed by atoms with van der Waals surface area (Å²) in [4.78, 5) is 9.00. The van der Waals surface area contributed by atoms with Gasteiger partial charge in [0.15, 0.2) is 5.65 Å². The Labute approximate surface area is 116 Å². The van der Waals surface area contributed by atoms with Gasteiger partial charge in [-0.3, -0.25) is 0 Å². The van der Waals surface area contributed by atoms with E-state index in [-0.39, 0.29) is 5.38 Å². The molecule has 1 atom stereocenters. The van der Waals surface area contributed by atoms with Crippen LogP contribution < -0.4 is 4.74 Å². The van der Waals surface area contributed by atoms with Crippen LogP contribution in [0.3, 0.4) is 0 Å². The summed E-state index contributed by atoms with van der Waals surface area (Å²) in [7, 11) is 1.61. The maximum absolute atomic E-state index is 6.18. The van der Waals surface area contributed by atoms with Crippen molar-refractivity contribution in [1.29, 1.82) is 0 Å². The molecule has 2 rings (SSSR count). The molecule has 2 heterocycles. The van der Waals surface area contributed by atoms with Gasteiger partial charge >= 0.3 is 0 Å². The Bertz CT molecular complexity index is 541. The monoisotopic (exact) mass is 285 g/mol. The fraction of sp³-hybridized carbons (Fsp3) is 0.500. The van der Waals surface area contributed by atoms with Crippen LogP contribution >= 0.6 is 23.4 Å². The van der Waals surface area contributed by atoms with E-state index in [4.69, 9.17) is 16.3 Å². The predicted molar refractivity (Wildman–Crippen MR) is 76.7 cm³/mol. The molecule has 1 unspecified atom stereocenters. The van der Waals surface area contributed by atoms with Gasteiger partial charge in [0.1, 0.15) is 11.3 Å². The SMILES string of the molecule is COc1ccc2nc(C(C)Cl)n(CCSC)c2n1. The van der Waals surface area contributed by atoms with Gasteiger partial charge in [-0.25, -0.2) is 4.98 Å². The van der Waals surface area contributed by atoms with E-state index in [0.717, 1.165) is 29.3 Å². The number of methoxy groups -OCH3 is 1. The summed E-state index contributed by atoms with van der Waals surface area (Å²) in [5, 5.41) is -0.132. The molecule has 4 nitrogen and oxygen atoms in total. The maximum atomic E-state index is 6.18. The fourth-order valence-electron chi connectivity index (χ4n) is 1.82. The molecule has 0 saturated carbocycles. The van der Waals surface area contributed by atoms with Crippen LogP contribution in [0.2, 0.25) is 0 Å². The van der Waals surface area contributed by atoms with Gasteiger partial charge in [0.2, 0.25) is 5.88 Å². The minimum atomic E-state index is -0.132. The first-order chi connectivity index (χ1) is 8.67. The van der Waals surface area contributed by atoms with Crippen molar-refractivity contribution < 1.29 is 4.74 Å². The van der Waals surface area contributed by atoms with E-state index in [1.165, 1.54) is 0 Å². The van der Waals surface area contributed by atoms with Gasteiger partial charge in [0.25, 0.3) is 0 Å². The van der Waals surface area contributed by atoms with E-state index >= 15 is 0 Å².